The van der Waals surface area contributed by atoms with Crippen LogP contribution in [-0.4, -0.2) is 132 Å². The van der Waals surface area contributed by atoms with Crippen LogP contribution < -0.4 is 17.0 Å². The van der Waals surface area contributed by atoms with Gasteiger partial charge in [0.25, 0.3) is 5.56 Å². The van der Waals surface area contributed by atoms with Crippen molar-refractivity contribution in [1.82, 2.24) is 29.1 Å². The van der Waals surface area contributed by atoms with Gasteiger partial charge in [0.05, 0.1) is 36.2 Å². The lowest BCUT2D eigenvalue weighted by molar-refractivity contribution is -0.146. The minimum atomic E-state index is -1.35. The number of aliphatic hydroxyl groups excluding tert-OH is 8. The average molecular weight is 699 g/mol. The fourth-order valence-electron chi connectivity index (χ4n) is 6.05. The molecule has 2 saturated heterocycles. The molecular formula is C28H39ClN8O11. The average Bonchev–Trinajstić information content (AvgIpc) is 3.45. The number of aryl methyl sites for hydroxylation is 2. The quantitative estimate of drug-likeness (QED) is 0.0967. The first-order chi connectivity index (χ1) is 22.7. The molecule has 0 aliphatic carbocycles. The lowest BCUT2D eigenvalue weighted by Gasteiger charge is -2.26. The van der Waals surface area contributed by atoms with Crippen LogP contribution >= 0.6 is 11.6 Å². The molecule has 0 aromatic carbocycles. The van der Waals surface area contributed by atoms with Crippen LogP contribution in [0, 0.1) is 13.8 Å². The molecular weight excluding hydrogens is 660 g/mol. The molecule has 10 atom stereocenters. The highest BCUT2D eigenvalue weighted by Crippen LogP contribution is 2.34. The zero-order chi connectivity index (χ0) is 35.2. The molecule has 0 spiro atoms. The first kappa shape index (κ1) is 35.8. The third-order valence-corrected chi connectivity index (χ3v) is 8.71. The number of nitrogen functional groups attached to an aromatic ring is 2. The number of hydrogen-bond donors (Lipinski definition) is 11. The highest BCUT2D eigenvalue weighted by atomic mass is 35.5. The normalized spacial score (nSPS) is 31.3. The lowest BCUT2D eigenvalue weighted by Crippen LogP contribution is -2.39. The second kappa shape index (κ2) is 14.2. The van der Waals surface area contributed by atoms with Crippen LogP contribution in [0.15, 0.2) is 17.2 Å². The van der Waals surface area contributed by atoms with E-state index in [2.05, 4.69) is 19.9 Å². The highest BCUT2D eigenvalue weighted by Gasteiger charge is 2.41. The molecule has 19 nitrogen and oxygen atoms in total. The van der Waals surface area contributed by atoms with Crippen molar-refractivity contribution < 1.29 is 50.3 Å². The smallest absolute Gasteiger partial charge is 0.262 e. The van der Waals surface area contributed by atoms with E-state index in [4.69, 9.17) is 32.5 Å². The molecule has 2 fully saturated rings. The summed E-state index contributed by atoms with van der Waals surface area (Å²) in [5.41, 5.74) is 12.7. The standard InChI is InChI=1S/C14H19ClN4O5.C14H20N4O6/c1-5-3-19(12-9(5)11(15)17-14(16)18-12)13-7(22)2-6(21)10(23)8(4-20)24-13;1-5-3-18(11-9(5)12(23)17-14(15)16-11)13-7(21)2-6(20)10(22)8(4-19)24-13/h3,6-8,10,13,20-23H,2,4H2,1H3,(H2,16,17,18);3,6-8,10,13,19-22H,2,4H2,1H3,(H3,15,16,17,23)/t2*6-,7-,8-,10+,13-/m11/s1. The number of hydrogen-bond acceptors (Lipinski definition) is 16. The second-order valence-corrected chi connectivity index (χ2v) is 12.2. The van der Waals surface area contributed by atoms with E-state index in [0.29, 0.717) is 22.0 Å². The summed E-state index contributed by atoms with van der Waals surface area (Å²) in [5, 5.41) is 80.4. The Morgan fingerprint density at radius 3 is 1.73 bits per heavy atom. The van der Waals surface area contributed by atoms with Gasteiger partial charge in [0.2, 0.25) is 11.9 Å². The van der Waals surface area contributed by atoms with Gasteiger partial charge in [-0.15, -0.1) is 0 Å². The molecule has 0 unspecified atom stereocenters. The zero-order valence-electron chi connectivity index (χ0n) is 25.8. The van der Waals surface area contributed by atoms with Gasteiger partial charge in [0.15, 0.2) is 18.1 Å². The Hall–Kier alpha value is -3.47. The van der Waals surface area contributed by atoms with E-state index in [1.807, 2.05) is 0 Å². The number of fused-ring (bicyclic) bond motifs is 2. The number of ether oxygens (including phenoxy) is 2. The molecule has 6 rings (SSSR count). The third kappa shape index (κ3) is 6.71. The summed E-state index contributed by atoms with van der Waals surface area (Å²) in [6.45, 7) is 2.43. The molecule has 0 bridgehead atoms. The van der Waals surface area contributed by atoms with Crippen LogP contribution in [0.2, 0.25) is 5.15 Å². The van der Waals surface area contributed by atoms with Gasteiger partial charge in [0.1, 0.15) is 47.4 Å². The number of halogens is 1. The summed E-state index contributed by atoms with van der Waals surface area (Å²) in [6, 6.07) is 0. The van der Waals surface area contributed by atoms with Gasteiger partial charge >= 0.3 is 0 Å². The molecule has 4 aromatic rings. The molecule has 2 aliphatic heterocycles. The van der Waals surface area contributed by atoms with Gasteiger partial charge in [-0.25, -0.2) is 4.98 Å². The monoisotopic (exact) mass is 698 g/mol. The van der Waals surface area contributed by atoms with Crippen LogP contribution in [0.5, 0.6) is 0 Å². The minimum Gasteiger partial charge on any atom is -0.394 e. The maximum absolute atomic E-state index is 12.1. The highest BCUT2D eigenvalue weighted by molar-refractivity contribution is 6.34. The van der Waals surface area contributed by atoms with Crippen molar-refractivity contribution in [3.05, 3.63) is 39.0 Å². The predicted octanol–water partition coefficient (Wildman–Crippen LogP) is -2.68. The van der Waals surface area contributed by atoms with Crippen LogP contribution in [0.4, 0.5) is 11.9 Å². The molecule has 2 aliphatic rings. The van der Waals surface area contributed by atoms with E-state index in [0.717, 1.165) is 5.56 Å². The Morgan fingerprint density at radius 2 is 1.25 bits per heavy atom. The number of nitrogens with zero attached hydrogens (tertiary/aromatic N) is 5. The van der Waals surface area contributed by atoms with Crippen molar-refractivity contribution in [1.29, 1.82) is 0 Å². The fraction of sp³-hybridized carbons (Fsp3) is 0.571. The molecule has 0 amide bonds. The Morgan fingerprint density at radius 1 is 0.792 bits per heavy atom. The van der Waals surface area contributed by atoms with E-state index < -0.39 is 80.1 Å². The van der Waals surface area contributed by atoms with Gasteiger partial charge in [0, 0.05) is 25.2 Å². The third-order valence-electron chi connectivity index (χ3n) is 8.44. The number of aromatic nitrogens is 6. The molecule has 264 valence electrons. The van der Waals surface area contributed by atoms with E-state index >= 15 is 0 Å². The largest absolute Gasteiger partial charge is 0.394 e. The summed E-state index contributed by atoms with van der Waals surface area (Å²) < 4.78 is 14.2. The van der Waals surface area contributed by atoms with Crippen molar-refractivity contribution in [2.75, 3.05) is 24.7 Å². The number of anilines is 2. The van der Waals surface area contributed by atoms with Gasteiger partial charge in [-0.2, -0.15) is 9.97 Å². The van der Waals surface area contributed by atoms with Crippen LogP contribution in [0.1, 0.15) is 36.4 Å². The zero-order valence-corrected chi connectivity index (χ0v) is 26.6. The SMILES string of the molecule is Cc1cn([C@@H]2O[C@H](CO)[C@@H](O)[C@H](O)C[C@H]2O)c2nc(N)[nH]c(=O)c12.Cc1cn([C@@H]2O[C@H](CO)[C@@H](O)[C@H](O)C[C@H]2O)c2nc(N)nc(Cl)c12. The second-order valence-electron chi connectivity index (χ2n) is 11.9. The molecule has 13 N–H and O–H groups in total. The van der Waals surface area contributed by atoms with Gasteiger partial charge in [-0.3, -0.25) is 9.78 Å². The van der Waals surface area contributed by atoms with Crippen LogP contribution in [0.25, 0.3) is 22.1 Å². The van der Waals surface area contributed by atoms with Crippen LogP contribution in [-0.2, 0) is 9.47 Å². The van der Waals surface area contributed by atoms with Gasteiger partial charge in [-0.05, 0) is 25.0 Å². The van der Waals surface area contributed by atoms with E-state index in [1.54, 1.807) is 26.2 Å². The van der Waals surface area contributed by atoms with Crippen molar-refractivity contribution in [2.24, 2.45) is 0 Å². The molecule has 0 saturated carbocycles. The Bertz CT molecular complexity index is 1820. The summed E-state index contributed by atoms with van der Waals surface area (Å²) >= 11 is 6.12. The molecule has 4 aromatic heterocycles. The number of H-pyrrole nitrogens is 1. The minimum absolute atomic E-state index is 0.0336. The topological polar surface area (TPSA) is 314 Å². The molecule has 48 heavy (non-hydrogen) atoms. The van der Waals surface area contributed by atoms with E-state index in [-0.39, 0.29) is 35.5 Å². The van der Waals surface area contributed by atoms with Gasteiger partial charge < -0.3 is 70.9 Å². The van der Waals surface area contributed by atoms with Crippen LogP contribution in [0.3, 0.4) is 0 Å². The fourth-order valence-corrected chi connectivity index (χ4v) is 6.37. The number of nitrogens with one attached hydrogen (secondary N) is 1. The Balaban J connectivity index is 0.000000188. The number of nitrogens with two attached hydrogens (primary N) is 2. The van der Waals surface area contributed by atoms with Crippen molar-refractivity contribution >= 4 is 45.6 Å². The lowest BCUT2D eigenvalue weighted by atomic mass is 10.0. The van der Waals surface area contributed by atoms with Gasteiger partial charge in [-0.1, -0.05) is 11.6 Å². The molecule has 0 radical (unpaired) electrons. The van der Waals surface area contributed by atoms with Crippen molar-refractivity contribution in [2.45, 2.75) is 88.0 Å². The summed E-state index contributed by atoms with van der Waals surface area (Å²) in [6.07, 6.45) is -8.76. The first-order valence-corrected chi connectivity index (χ1v) is 15.3. The van der Waals surface area contributed by atoms with E-state index in [9.17, 15) is 45.6 Å². The number of aliphatic hydroxyl groups is 8. The summed E-state index contributed by atoms with van der Waals surface area (Å²) in [4.78, 5) is 26.6. The Labute approximate surface area is 276 Å². The Kier molecular flexibility index (Phi) is 10.6. The summed E-state index contributed by atoms with van der Waals surface area (Å²) in [5.74, 6) is -0.123. The van der Waals surface area contributed by atoms with Crippen molar-refractivity contribution in [3.63, 3.8) is 0 Å². The maximum Gasteiger partial charge on any atom is 0.262 e. The molecule has 20 heteroatoms. The maximum atomic E-state index is 12.1. The molecule has 6 heterocycles. The van der Waals surface area contributed by atoms with E-state index in [1.165, 1.54) is 9.13 Å². The predicted molar refractivity (Wildman–Crippen MR) is 168 cm³/mol. The summed E-state index contributed by atoms with van der Waals surface area (Å²) in [7, 11) is 0. The number of aromatic amines is 1. The van der Waals surface area contributed by atoms with Crippen molar-refractivity contribution in [3.8, 4) is 0 Å². The first-order valence-electron chi connectivity index (χ1n) is 14.9. The number of rotatable bonds is 4.